The number of aromatic amines is 2. The first-order valence-corrected chi connectivity index (χ1v) is 8.01. The van der Waals surface area contributed by atoms with E-state index in [1.165, 1.54) is 0 Å². The van der Waals surface area contributed by atoms with Gasteiger partial charge in [0.2, 0.25) is 0 Å². The number of para-hydroxylation sites is 1. The molecule has 1 aliphatic rings. The van der Waals surface area contributed by atoms with Gasteiger partial charge in [0.25, 0.3) is 11.1 Å². The minimum Gasteiger partial charge on any atom is -0.426 e. The third kappa shape index (κ3) is 2.46. The van der Waals surface area contributed by atoms with Crippen molar-refractivity contribution in [2.75, 3.05) is 0 Å². The van der Waals surface area contributed by atoms with E-state index >= 15 is 0 Å². The molecule has 0 bridgehead atoms. The minimum atomic E-state index is -0.630. The molecule has 0 radical (unpaired) electrons. The zero-order valence-corrected chi connectivity index (χ0v) is 13.8. The van der Waals surface area contributed by atoms with Crippen molar-refractivity contribution in [3.8, 4) is 5.75 Å². The number of H-pyrrole nitrogens is 2. The van der Waals surface area contributed by atoms with Gasteiger partial charge in [-0.1, -0.05) is 18.2 Å². The molecule has 0 aliphatic carbocycles. The van der Waals surface area contributed by atoms with Crippen LogP contribution in [0.15, 0.2) is 39.9 Å². The lowest BCUT2D eigenvalue weighted by atomic mass is 9.87. The number of esters is 1. The summed E-state index contributed by atoms with van der Waals surface area (Å²) in [5.41, 5.74) is 2.39. The van der Waals surface area contributed by atoms with Crippen molar-refractivity contribution in [1.29, 1.82) is 0 Å². The van der Waals surface area contributed by atoms with E-state index in [1.807, 2.05) is 25.1 Å². The van der Waals surface area contributed by atoms with E-state index in [4.69, 9.17) is 4.74 Å². The number of rotatable bonds is 1. The van der Waals surface area contributed by atoms with E-state index in [1.54, 1.807) is 19.1 Å². The lowest BCUT2D eigenvalue weighted by Gasteiger charge is -2.23. The zero-order valence-electron chi connectivity index (χ0n) is 13.8. The highest BCUT2D eigenvalue weighted by Gasteiger charge is 2.33. The standard InChI is InChI=1S/C19H16N2O4/c1-9-4-3-5-11-7-13(18(23)21-17(9)11)12-8-15(22)25-14-6-10(2)20-19(24)16(12)14/h3-7,12H,8H2,1-2H3,(H,20,24)(H,21,23)/t12-/m1/s1. The second-order valence-electron chi connectivity index (χ2n) is 6.38. The van der Waals surface area contributed by atoms with Crippen LogP contribution in [-0.4, -0.2) is 15.9 Å². The molecular formula is C19H16N2O4. The number of hydrogen-bond acceptors (Lipinski definition) is 4. The smallest absolute Gasteiger partial charge is 0.312 e. The van der Waals surface area contributed by atoms with E-state index in [2.05, 4.69) is 9.97 Å². The van der Waals surface area contributed by atoms with Gasteiger partial charge < -0.3 is 14.7 Å². The quantitative estimate of drug-likeness (QED) is 0.667. The van der Waals surface area contributed by atoms with Gasteiger partial charge in [0.05, 0.1) is 17.5 Å². The summed E-state index contributed by atoms with van der Waals surface area (Å²) in [6.45, 7) is 3.63. The highest BCUT2D eigenvalue weighted by molar-refractivity contribution is 5.83. The molecule has 4 rings (SSSR count). The normalized spacial score (nSPS) is 16.6. The number of ether oxygens (including phenoxy) is 1. The maximum atomic E-state index is 12.7. The van der Waals surface area contributed by atoms with E-state index < -0.39 is 11.9 Å². The number of aryl methyl sites for hydroxylation is 2. The van der Waals surface area contributed by atoms with Crippen LogP contribution in [0.3, 0.4) is 0 Å². The molecule has 0 spiro atoms. The lowest BCUT2D eigenvalue weighted by molar-refractivity contribution is -0.135. The maximum absolute atomic E-state index is 12.7. The Morgan fingerprint density at radius 1 is 1.04 bits per heavy atom. The second-order valence-corrected chi connectivity index (χ2v) is 6.38. The molecule has 126 valence electrons. The van der Waals surface area contributed by atoms with Gasteiger partial charge in [-0.3, -0.25) is 14.4 Å². The third-order valence-electron chi connectivity index (χ3n) is 4.60. The summed E-state index contributed by atoms with van der Waals surface area (Å²) in [6.07, 6.45) is -0.0421. The Labute approximate surface area is 142 Å². The van der Waals surface area contributed by atoms with Gasteiger partial charge in [0.15, 0.2) is 0 Å². The van der Waals surface area contributed by atoms with Crippen molar-refractivity contribution in [3.63, 3.8) is 0 Å². The summed E-state index contributed by atoms with van der Waals surface area (Å²) in [5.74, 6) is -0.855. The topological polar surface area (TPSA) is 92.0 Å². The number of nitrogens with one attached hydrogen (secondary N) is 2. The number of benzene rings is 1. The van der Waals surface area contributed by atoms with Crippen LogP contribution in [0.2, 0.25) is 0 Å². The van der Waals surface area contributed by atoms with Crippen molar-refractivity contribution in [3.05, 3.63) is 73.4 Å². The average molecular weight is 336 g/mol. The van der Waals surface area contributed by atoms with Crippen LogP contribution in [0.4, 0.5) is 0 Å². The summed E-state index contributed by atoms with van der Waals surface area (Å²) in [6, 6.07) is 9.08. The van der Waals surface area contributed by atoms with Gasteiger partial charge in [-0.05, 0) is 30.9 Å². The number of hydrogen-bond donors (Lipinski definition) is 2. The lowest BCUT2D eigenvalue weighted by Crippen LogP contribution is -2.31. The number of pyridine rings is 2. The van der Waals surface area contributed by atoms with Crippen LogP contribution >= 0.6 is 0 Å². The molecule has 1 atom stereocenters. The van der Waals surface area contributed by atoms with Crippen molar-refractivity contribution < 1.29 is 9.53 Å². The first-order chi connectivity index (χ1) is 11.9. The van der Waals surface area contributed by atoms with Crippen molar-refractivity contribution in [1.82, 2.24) is 9.97 Å². The summed E-state index contributed by atoms with van der Waals surface area (Å²) in [5, 5.41) is 0.860. The molecule has 1 aliphatic heterocycles. The number of aromatic nitrogens is 2. The molecule has 6 heteroatoms. The summed E-state index contributed by atoms with van der Waals surface area (Å²) in [7, 11) is 0. The minimum absolute atomic E-state index is 0.0421. The van der Waals surface area contributed by atoms with Crippen LogP contribution in [0.1, 0.15) is 34.7 Å². The number of fused-ring (bicyclic) bond motifs is 2. The largest absolute Gasteiger partial charge is 0.426 e. The molecule has 0 saturated heterocycles. The Kier molecular flexibility index (Phi) is 3.35. The molecule has 2 aromatic heterocycles. The monoisotopic (exact) mass is 336 g/mol. The maximum Gasteiger partial charge on any atom is 0.312 e. The SMILES string of the molecule is Cc1cc2c(c(=O)[nH]1)[C@@H](c1cc3cccc(C)c3[nH]c1=O)CC(=O)O2. The molecule has 0 fully saturated rings. The van der Waals surface area contributed by atoms with Gasteiger partial charge in [-0.25, -0.2) is 0 Å². The Morgan fingerprint density at radius 2 is 1.84 bits per heavy atom. The molecule has 0 amide bonds. The van der Waals surface area contributed by atoms with E-state index in [9.17, 15) is 14.4 Å². The molecular weight excluding hydrogens is 320 g/mol. The fourth-order valence-corrected chi connectivity index (χ4v) is 3.44. The highest BCUT2D eigenvalue weighted by atomic mass is 16.5. The third-order valence-corrected chi connectivity index (χ3v) is 4.60. The van der Waals surface area contributed by atoms with Crippen molar-refractivity contribution >= 4 is 16.9 Å². The van der Waals surface area contributed by atoms with Gasteiger partial charge in [0.1, 0.15) is 5.75 Å². The van der Waals surface area contributed by atoms with Gasteiger partial charge >= 0.3 is 5.97 Å². The van der Waals surface area contributed by atoms with Gasteiger partial charge in [0, 0.05) is 23.2 Å². The van der Waals surface area contributed by atoms with E-state index in [0.717, 1.165) is 16.5 Å². The Hall–Kier alpha value is -3.15. The van der Waals surface area contributed by atoms with Crippen LogP contribution in [0.5, 0.6) is 5.75 Å². The predicted octanol–water partition coefficient (Wildman–Crippen LogP) is 2.27. The molecule has 2 N–H and O–H groups in total. The zero-order chi connectivity index (χ0) is 17.7. The fraction of sp³-hybridized carbons (Fsp3) is 0.211. The Bertz CT molecular complexity index is 1140. The second kappa shape index (κ2) is 5.44. The molecule has 3 aromatic rings. The van der Waals surface area contributed by atoms with Crippen molar-refractivity contribution in [2.45, 2.75) is 26.2 Å². The van der Waals surface area contributed by atoms with E-state index in [-0.39, 0.29) is 23.3 Å². The summed E-state index contributed by atoms with van der Waals surface area (Å²) in [4.78, 5) is 42.7. The predicted molar refractivity (Wildman–Crippen MR) is 93.2 cm³/mol. The molecule has 0 unspecified atom stereocenters. The Morgan fingerprint density at radius 3 is 2.64 bits per heavy atom. The molecule has 0 saturated carbocycles. The van der Waals surface area contributed by atoms with Crippen LogP contribution in [0, 0.1) is 13.8 Å². The molecule has 25 heavy (non-hydrogen) atoms. The molecule has 3 heterocycles. The summed E-state index contributed by atoms with van der Waals surface area (Å²) < 4.78 is 5.22. The fourth-order valence-electron chi connectivity index (χ4n) is 3.44. The molecule has 1 aromatic carbocycles. The first kappa shape index (κ1) is 15.4. The number of carbonyl (C=O) groups is 1. The average Bonchev–Trinajstić information content (AvgIpc) is 2.53. The number of carbonyl (C=O) groups excluding carboxylic acids is 1. The van der Waals surface area contributed by atoms with Crippen molar-refractivity contribution in [2.24, 2.45) is 0 Å². The van der Waals surface area contributed by atoms with Crippen LogP contribution in [-0.2, 0) is 4.79 Å². The molecule has 6 nitrogen and oxygen atoms in total. The van der Waals surface area contributed by atoms with E-state index in [0.29, 0.717) is 16.8 Å². The van der Waals surface area contributed by atoms with Gasteiger partial charge in [-0.15, -0.1) is 0 Å². The van der Waals surface area contributed by atoms with Gasteiger partial charge in [-0.2, -0.15) is 0 Å². The summed E-state index contributed by atoms with van der Waals surface area (Å²) >= 11 is 0. The van der Waals surface area contributed by atoms with Crippen LogP contribution < -0.4 is 15.9 Å². The Balaban J connectivity index is 1.99. The highest BCUT2D eigenvalue weighted by Crippen LogP contribution is 2.35. The first-order valence-electron chi connectivity index (χ1n) is 8.01. The van der Waals surface area contributed by atoms with Crippen LogP contribution in [0.25, 0.3) is 10.9 Å².